The van der Waals surface area contributed by atoms with Crippen LogP contribution in [0.3, 0.4) is 0 Å². The minimum absolute atomic E-state index is 0.400. The van der Waals surface area contributed by atoms with Gasteiger partial charge in [-0.3, -0.25) is 0 Å². The molecule has 0 amide bonds. The van der Waals surface area contributed by atoms with Gasteiger partial charge in [-0.25, -0.2) is 0 Å². The van der Waals surface area contributed by atoms with E-state index in [1.807, 2.05) is 48.6 Å². The third kappa shape index (κ3) is 4.74. The van der Waals surface area contributed by atoms with Crippen molar-refractivity contribution in [2.45, 2.75) is 19.3 Å². The van der Waals surface area contributed by atoms with E-state index in [0.717, 1.165) is 68.5 Å². The molecule has 2 heterocycles. The predicted octanol–water partition coefficient (Wildman–Crippen LogP) is 10.6. The van der Waals surface area contributed by atoms with E-state index in [9.17, 15) is 15.8 Å². The maximum atomic E-state index is 10.6. The van der Waals surface area contributed by atoms with Crippen molar-refractivity contribution >= 4 is 34.0 Å². The number of para-hydroxylation sites is 1. The second-order valence-corrected chi connectivity index (χ2v) is 13.1. The molecule has 9 rings (SSSR count). The van der Waals surface area contributed by atoms with Crippen molar-refractivity contribution in [1.29, 1.82) is 15.8 Å². The molecule has 51 heavy (non-hydrogen) atoms. The summed E-state index contributed by atoms with van der Waals surface area (Å²) >= 11 is 0. The summed E-state index contributed by atoms with van der Waals surface area (Å²) in [5, 5.41) is 32.6. The van der Waals surface area contributed by atoms with Crippen molar-refractivity contribution in [3.63, 3.8) is 0 Å². The Labute approximate surface area is 295 Å². The van der Waals surface area contributed by atoms with Crippen LogP contribution < -0.4 is 0 Å². The topological polar surface area (TPSA) is 81.2 Å². The number of hydrogen-bond acceptors (Lipinski definition) is 3. The predicted molar refractivity (Wildman–Crippen MR) is 204 cm³/mol. The highest BCUT2D eigenvalue weighted by Crippen LogP contribution is 2.41. The molecular weight excluding hydrogens is 623 g/mol. The van der Waals surface area contributed by atoms with E-state index in [4.69, 9.17) is 0 Å². The third-order valence-electron chi connectivity index (χ3n) is 10.2. The van der Waals surface area contributed by atoms with Gasteiger partial charge in [0, 0.05) is 33.3 Å². The zero-order chi connectivity index (χ0) is 34.6. The summed E-state index contributed by atoms with van der Waals surface area (Å²) < 4.78 is 4.52. The van der Waals surface area contributed by atoms with Gasteiger partial charge in [-0.05, 0) is 102 Å². The van der Waals surface area contributed by atoms with Crippen LogP contribution >= 0.6 is 0 Å². The largest absolute Gasteiger partial charge is 0.313 e. The molecule has 0 fully saturated rings. The molecule has 0 atom stereocenters. The zero-order valence-electron chi connectivity index (χ0n) is 27.7. The Morgan fingerprint density at radius 2 is 1.41 bits per heavy atom. The molecular formula is C46H29N5. The van der Waals surface area contributed by atoms with Gasteiger partial charge in [-0.1, -0.05) is 78.9 Å². The van der Waals surface area contributed by atoms with Crippen molar-refractivity contribution in [1.82, 2.24) is 9.13 Å². The van der Waals surface area contributed by atoms with E-state index in [1.165, 1.54) is 22.2 Å². The molecule has 0 radical (unpaired) electrons. The fourth-order valence-electron chi connectivity index (χ4n) is 7.93. The van der Waals surface area contributed by atoms with Crippen LogP contribution in [0.25, 0.3) is 67.6 Å². The molecule has 0 saturated heterocycles. The lowest BCUT2D eigenvalue weighted by atomic mass is 9.94. The van der Waals surface area contributed by atoms with Crippen LogP contribution in [-0.2, 0) is 12.8 Å². The van der Waals surface area contributed by atoms with E-state index in [-0.39, 0.29) is 0 Å². The van der Waals surface area contributed by atoms with Crippen molar-refractivity contribution in [2.75, 3.05) is 0 Å². The van der Waals surface area contributed by atoms with E-state index in [0.29, 0.717) is 28.8 Å². The third-order valence-corrected chi connectivity index (χ3v) is 10.2. The number of fused-ring (bicyclic) bond motifs is 6. The van der Waals surface area contributed by atoms with Crippen molar-refractivity contribution in [2.24, 2.45) is 0 Å². The Balaban J connectivity index is 1.24. The fourth-order valence-corrected chi connectivity index (χ4v) is 7.93. The first-order valence-electron chi connectivity index (χ1n) is 17.0. The fraction of sp³-hybridized carbons (Fsp3) is 0.0652. The Bertz CT molecular complexity index is 2830. The van der Waals surface area contributed by atoms with E-state index < -0.39 is 0 Å². The minimum atomic E-state index is 0.400. The number of rotatable bonds is 4. The summed E-state index contributed by atoms with van der Waals surface area (Å²) in [5.41, 5.74) is 14.7. The quantitative estimate of drug-likeness (QED) is 0.190. The van der Waals surface area contributed by atoms with Crippen LogP contribution in [0.5, 0.6) is 0 Å². The van der Waals surface area contributed by atoms with Gasteiger partial charge in [0.2, 0.25) is 0 Å². The standard InChI is InChI=1S/C46H29N5/c1-29-16-18-44-40(20-29)41-22-30(26-47)17-19-45(41)51(44)46-35(28-49)21-31(27-48)23-39(46)34-10-6-8-32(24-34)33-9-7-11-36(25-33)50-42-14-4-2-12-37(42)38-13-3-5-15-43(38)50/h2-4,6-14,16-19,21-25H,1,5,15,20H2. The van der Waals surface area contributed by atoms with Gasteiger partial charge >= 0.3 is 0 Å². The summed E-state index contributed by atoms with van der Waals surface area (Å²) in [5.74, 6) is 0. The molecule has 5 heteroatoms. The molecule has 2 aliphatic rings. The van der Waals surface area contributed by atoms with Gasteiger partial charge in [-0.2, -0.15) is 15.8 Å². The highest BCUT2D eigenvalue weighted by atomic mass is 15.0. The second-order valence-electron chi connectivity index (χ2n) is 13.1. The monoisotopic (exact) mass is 651 g/mol. The van der Waals surface area contributed by atoms with Crippen molar-refractivity contribution in [3.8, 4) is 51.8 Å². The summed E-state index contributed by atoms with van der Waals surface area (Å²) in [7, 11) is 0. The molecule has 0 spiro atoms. The van der Waals surface area contributed by atoms with Crippen molar-refractivity contribution in [3.05, 3.63) is 167 Å². The highest BCUT2D eigenvalue weighted by molar-refractivity contribution is 5.96. The molecule has 0 saturated carbocycles. The van der Waals surface area contributed by atoms with Crippen LogP contribution in [0, 0.1) is 34.0 Å². The van der Waals surface area contributed by atoms with E-state index in [1.54, 1.807) is 6.07 Å². The first kappa shape index (κ1) is 30.0. The molecule has 238 valence electrons. The summed E-state index contributed by atoms with van der Waals surface area (Å²) in [6.07, 6.45) is 11.2. The van der Waals surface area contributed by atoms with Crippen LogP contribution in [0.2, 0.25) is 0 Å². The summed E-state index contributed by atoms with van der Waals surface area (Å²) in [6.45, 7) is 4.21. The molecule has 2 aromatic heterocycles. The minimum Gasteiger partial charge on any atom is -0.313 e. The molecule has 0 N–H and O–H groups in total. The number of hydrogen-bond donors (Lipinski definition) is 0. The smallest absolute Gasteiger partial charge is 0.101 e. The summed E-state index contributed by atoms with van der Waals surface area (Å²) in [4.78, 5) is 0. The molecule has 0 aliphatic heterocycles. The average molecular weight is 652 g/mol. The lowest BCUT2D eigenvalue weighted by Gasteiger charge is -2.19. The molecule has 7 aromatic rings. The zero-order valence-corrected chi connectivity index (χ0v) is 27.7. The molecule has 0 bridgehead atoms. The van der Waals surface area contributed by atoms with Gasteiger partial charge in [0.1, 0.15) is 6.07 Å². The Morgan fingerprint density at radius 3 is 2.25 bits per heavy atom. The lowest BCUT2D eigenvalue weighted by Crippen LogP contribution is -2.06. The average Bonchev–Trinajstić information content (AvgIpc) is 3.69. The van der Waals surface area contributed by atoms with Gasteiger partial charge in [0.25, 0.3) is 0 Å². The highest BCUT2D eigenvalue weighted by Gasteiger charge is 2.25. The first-order valence-corrected chi connectivity index (χ1v) is 17.0. The Kier molecular flexibility index (Phi) is 6.92. The molecule has 0 unspecified atom stereocenters. The number of allylic oxidation sites excluding steroid dienone is 3. The van der Waals surface area contributed by atoms with E-state index >= 15 is 0 Å². The Morgan fingerprint density at radius 1 is 0.627 bits per heavy atom. The van der Waals surface area contributed by atoms with Gasteiger partial charge in [0.05, 0.1) is 51.2 Å². The Hall–Kier alpha value is -7.13. The SMILES string of the molecule is C=C1C=Cc2c(c3cc(C#N)ccc3n2-c2c(C#N)cc(C#N)cc2-c2cccc(-c3cccc(-n4c5c(c6ccccc64)C=CCC5)c3)c2)C1. The van der Waals surface area contributed by atoms with Crippen LogP contribution in [0.4, 0.5) is 0 Å². The lowest BCUT2D eigenvalue weighted by molar-refractivity contribution is 0.889. The molecule has 5 aromatic carbocycles. The summed E-state index contributed by atoms with van der Waals surface area (Å²) in [6, 6.07) is 41.8. The van der Waals surface area contributed by atoms with Gasteiger partial charge in [-0.15, -0.1) is 0 Å². The number of aromatic nitrogens is 2. The van der Waals surface area contributed by atoms with Gasteiger partial charge < -0.3 is 9.13 Å². The van der Waals surface area contributed by atoms with Crippen molar-refractivity contribution < 1.29 is 0 Å². The molecule has 5 nitrogen and oxygen atoms in total. The first-order chi connectivity index (χ1) is 25.1. The van der Waals surface area contributed by atoms with E-state index in [2.05, 4.69) is 107 Å². The second kappa shape index (κ2) is 11.8. The van der Waals surface area contributed by atoms with Gasteiger partial charge in [0.15, 0.2) is 0 Å². The number of nitriles is 3. The number of benzene rings is 5. The molecule has 2 aliphatic carbocycles. The van der Waals surface area contributed by atoms with Crippen LogP contribution in [0.1, 0.15) is 45.6 Å². The van der Waals surface area contributed by atoms with Crippen LogP contribution in [-0.4, -0.2) is 9.13 Å². The maximum Gasteiger partial charge on any atom is 0.101 e. The maximum absolute atomic E-state index is 10.6. The normalized spacial score (nSPS) is 13.1. The number of nitrogens with zero attached hydrogens (tertiary/aromatic N) is 5. The van der Waals surface area contributed by atoms with Crippen LogP contribution in [0.15, 0.2) is 127 Å².